The standard InChI is InChI=1S/C8H17N.C5H11N.C5H10.2C4H10.2C2H6.4CH4/c1-8(2,3)9-6-4-5-7-9;1-6-4-2-3-5-6;1-2-4-5-3-1;2*1-4(2)3;2*1-2;;;;/h4-7H2,1-3H3;2-5H2,1H3;1-5H2;2*4H,1-3H3;2*1-2H3;4*1H4. The summed E-state index contributed by atoms with van der Waals surface area (Å²) in [5, 5.41) is 0. The fourth-order valence-electron chi connectivity index (χ4n) is 3.15. The molecule has 2 heteroatoms. The first-order valence-corrected chi connectivity index (χ1v) is 14.4. The van der Waals surface area contributed by atoms with Crippen LogP contribution in [0, 0.1) is 11.8 Å². The van der Waals surface area contributed by atoms with E-state index in [0.717, 1.165) is 11.8 Å². The Balaban J connectivity index is -0.0000000439. The van der Waals surface area contributed by atoms with Gasteiger partial charge in [-0.05, 0) is 91.5 Å². The molecule has 3 aliphatic rings. The molecule has 36 heavy (non-hydrogen) atoms. The van der Waals surface area contributed by atoms with Crippen LogP contribution in [0.4, 0.5) is 0 Å². The average molecular weight is 523 g/mol. The van der Waals surface area contributed by atoms with E-state index in [4.69, 9.17) is 0 Å². The highest BCUT2D eigenvalue weighted by atomic mass is 15.2. The summed E-state index contributed by atoms with van der Waals surface area (Å²) in [6, 6.07) is 0. The minimum absolute atomic E-state index is 0. The minimum atomic E-state index is 0. The number of likely N-dealkylation sites (tertiary alicyclic amines) is 2. The molecule has 232 valence electrons. The molecular weight excluding hydrogens is 436 g/mol. The molecule has 0 radical (unpaired) electrons. The summed E-state index contributed by atoms with van der Waals surface area (Å²) in [6.07, 6.45) is 13.1. The smallest absolute Gasteiger partial charge is 0.0125 e. The van der Waals surface area contributed by atoms with Crippen LogP contribution < -0.4 is 0 Å². The molecule has 3 rings (SSSR count). The van der Waals surface area contributed by atoms with Crippen molar-refractivity contribution in [3.05, 3.63) is 0 Å². The first-order chi connectivity index (χ1) is 15.0. The zero-order valence-electron chi connectivity index (χ0n) is 25.7. The van der Waals surface area contributed by atoms with Gasteiger partial charge in [0.15, 0.2) is 0 Å². The van der Waals surface area contributed by atoms with Gasteiger partial charge in [-0.2, -0.15) is 0 Å². The van der Waals surface area contributed by atoms with Gasteiger partial charge < -0.3 is 4.90 Å². The van der Waals surface area contributed by atoms with Gasteiger partial charge in [0, 0.05) is 5.54 Å². The summed E-state index contributed by atoms with van der Waals surface area (Å²) in [4.78, 5) is 4.91. The lowest BCUT2D eigenvalue weighted by Gasteiger charge is -2.31. The molecule has 0 spiro atoms. The Kier molecular flexibility index (Phi) is 65.6. The summed E-state index contributed by atoms with van der Waals surface area (Å²) < 4.78 is 0. The highest BCUT2D eigenvalue weighted by Crippen LogP contribution is 2.19. The number of nitrogens with zero attached hydrogens (tertiary/aromatic N) is 2. The largest absolute Gasteiger partial charge is 0.306 e. The summed E-state index contributed by atoms with van der Waals surface area (Å²) in [5.41, 5.74) is 0.413. The molecular formula is C34H86N2. The average Bonchev–Trinajstić information content (AvgIpc) is 3.48. The third kappa shape index (κ3) is 59.2. The van der Waals surface area contributed by atoms with Crippen molar-refractivity contribution in [2.75, 3.05) is 33.2 Å². The first kappa shape index (κ1) is 56.2. The maximum Gasteiger partial charge on any atom is 0.0125 e. The summed E-state index contributed by atoms with van der Waals surface area (Å²) in [6.45, 7) is 33.1. The SMILES string of the molecule is C.C.C.C.C1CCCC1.CC.CC.CC(C)(C)N1CCCC1.CC(C)C.CC(C)C.CN1CCCC1. The third-order valence-electron chi connectivity index (χ3n) is 4.63. The monoisotopic (exact) mass is 523 g/mol. The van der Waals surface area contributed by atoms with Crippen molar-refractivity contribution < 1.29 is 0 Å². The van der Waals surface area contributed by atoms with E-state index in [0.29, 0.717) is 5.54 Å². The Morgan fingerprint density at radius 2 is 0.639 bits per heavy atom. The lowest BCUT2D eigenvalue weighted by Crippen LogP contribution is -2.38. The molecule has 0 bridgehead atoms. The van der Waals surface area contributed by atoms with Gasteiger partial charge >= 0.3 is 0 Å². The maximum absolute atomic E-state index is 2.55. The molecule has 2 aliphatic heterocycles. The fraction of sp³-hybridized carbons (Fsp3) is 1.00. The van der Waals surface area contributed by atoms with Crippen molar-refractivity contribution in [1.82, 2.24) is 9.80 Å². The van der Waals surface area contributed by atoms with Gasteiger partial charge in [0.05, 0.1) is 0 Å². The van der Waals surface area contributed by atoms with E-state index in [1.165, 1.54) is 84.0 Å². The zero-order chi connectivity index (χ0) is 26.0. The van der Waals surface area contributed by atoms with E-state index >= 15 is 0 Å². The fourth-order valence-corrected chi connectivity index (χ4v) is 3.15. The van der Waals surface area contributed by atoms with E-state index in [9.17, 15) is 0 Å². The normalized spacial score (nSPS) is 15.7. The number of hydrogen-bond acceptors (Lipinski definition) is 2. The lowest BCUT2D eigenvalue weighted by atomic mass is 10.1. The van der Waals surface area contributed by atoms with E-state index in [1.54, 1.807) is 0 Å². The van der Waals surface area contributed by atoms with Gasteiger partial charge in [-0.1, -0.05) is 131 Å². The summed E-state index contributed by atoms with van der Waals surface area (Å²) in [7, 11) is 2.17. The Bertz CT molecular complexity index is 270. The highest BCUT2D eigenvalue weighted by Gasteiger charge is 2.23. The molecule has 2 heterocycles. The molecule has 0 atom stereocenters. The van der Waals surface area contributed by atoms with E-state index in [-0.39, 0.29) is 29.7 Å². The van der Waals surface area contributed by atoms with E-state index in [1.807, 2.05) is 27.7 Å². The van der Waals surface area contributed by atoms with Gasteiger partial charge in [0.1, 0.15) is 0 Å². The van der Waals surface area contributed by atoms with Crippen LogP contribution in [0.1, 0.15) is 178 Å². The Labute approximate surface area is 237 Å². The molecule has 1 aliphatic carbocycles. The molecule has 0 N–H and O–H groups in total. The summed E-state index contributed by atoms with van der Waals surface area (Å²) in [5.74, 6) is 1.67. The second kappa shape index (κ2) is 42.0. The molecule has 3 fully saturated rings. The zero-order valence-corrected chi connectivity index (χ0v) is 25.7. The quantitative estimate of drug-likeness (QED) is 0.312. The van der Waals surface area contributed by atoms with Crippen LogP contribution in [0.25, 0.3) is 0 Å². The lowest BCUT2D eigenvalue weighted by molar-refractivity contribution is 0.175. The van der Waals surface area contributed by atoms with Crippen LogP contribution in [0.15, 0.2) is 0 Å². The Hall–Kier alpha value is -0.0800. The van der Waals surface area contributed by atoms with Crippen molar-refractivity contribution in [2.24, 2.45) is 11.8 Å². The van der Waals surface area contributed by atoms with Crippen LogP contribution in [0.2, 0.25) is 0 Å². The van der Waals surface area contributed by atoms with Crippen LogP contribution in [0.5, 0.6) is 0 Å². The van der Waals surface area contributed by atoms with Crippen LogP contribution in [-0.2, 0) is 0 Å². The van der Waals surface area contributed by atoms with Crippen LogP contribution in [0.3, 0.4) is 0 Å². The van der Waals surface area contributed by atoms with Gasteiger partial charge in [0.25, 0.3) is 0 Å². The van der Waals surface area contributed by atoms with Crippen molar-refractivity contribution in [3.63, 3.8) is 0 Å². The van der Waals surface area contributed by atoms with Crippen molar-refractivity contribution >= 4 is 0 Å². The van der Waals surface area contributed by atoms with E-state index in [2.05, 4.69) is 79.2 Å². The molecule has 0 aromatic heterocycles. The number of rotatable bonds is 0. The van der Waals surface area contributed by atoms with Crippen LogP contribution in [-0.4, -0.2) is 48.6 Å². The molecule has 1 saturated carbocycles. The van der Waals surface area contributed by atoms with Crippen molar-refractivity contribution in [2.45, 2.75) is 183 Å². The topological polar surface area (TPSA) is 6.48 Å². The second-order valence-electron chi connectivity index (χ2n) is 11.1. The Morgan fingerprint density at radius 1 is 0.444 bits per heavy atom. The van der Waals surface area contributed by atoms with Gasteiger partial charge in [-0.15, -0.1) is 0 Å². The molecule has 0 unspecified atom stereocenters. The predicted octanol–water partition coefficient (Wildman–Crippen LogP) is 12.5. The second-order valence-corrected chi connectivity index (χ2v) is 11.1. The van der Waals surface area contributed by atoms with Gasteiger partial charge in [-0.25, -0.2) is 0 Å². The number of hydrogen-bond donors (Lipinski definition) is 0. The molecule has 2 saturated heterocycles. The van der Waals surface area contributed by atoms with Crippen molar-refractivity contribution in [3.8, 4) is 0 Å². The first-order valence-electron chi connectivity index (χ1n) is 14.4. The van der Waals surface area contributed by atoms with E-state index < -0.39 is 0 Å². The predicted molar refractivity (Wildman–Crippen MR) is 181 cm³/mol. The molecule has 0 aromatic carbocycles. The molecule has 0 aromatic rings. The molecule has 0 amide bonds. The Morgan fingerprint density at radius 3 is 0.750 bits per heavy atom. The maximum atomic E-state index is 2.55. The van der Waals surface area contributed by atoms with Crippen LogP contribution >= 0.6 is 0 Å². The van der Waals surface area contributed by atoms with Crippen molar-refractivity contribution in [1.29, 1.82) is 0 Å². The highest BCUT2D eigenvalue weighted by molar-refractivity contribution is 4.79. The molecule has 2 nitrogen and oxygen atoms in total. The minimum Gasteiger partial charge on any atom is -0.306 e. The van der Waals surface area contributed by atoms with Gasteiger partial charge in [-0.3, -0.25) is 4.90 Å². The van der Waals surface area contributed by atoms with Gasteiger partial charge in [0.2, 0.25) is 0 Å². The third-order valence-corrected chi connectivity index (χ3v) is 4.63. The summed E-state index contributed by atoms with van der Waals surface area (Å²) >= 11 is 0.